The van der Waals surface area contributed by atoms with Crippen molar-refractivity contribution in [3.63, 3.8) is 0 Å². The van der Waals surface area contributed by atoms with Crippen molar-refractivity contribution in [1.82, 2.24) is 0 Å². The zero-order chi connectivity index (χ0) is 16.9. The van der Waals surface area contributed by atoms with E-state index in [0.717, 1.165) is 6.16 Å². The van der Waals surface area contributed by atoms with Crippen LogP contribution in [0.15, 0.2) is 91.0 Å². The minimum atomic E-state index is -2.76. The fourth-order valence-corrected chi connectivity index (χ4v) is 10.2. The maximum absolute atomic E-state index is 5.64. The summed E-state index contributed by atoms with van der Waals surface area (Å²) in [7, 11) is 0. The number of thiol groups is 1. The van der Waals surface area contributed by atoms with Crippen molar-refractivity contribution in [2.45, 2.75) is 19.8 Å². The molecule has 0 fully saturated rings. The number of benzene rings is 3. The van der Waals surface area contributed by atoms with E-state index in [4.69, 9.17) is 12.2 Å². The molecule has 0 atom stereocenters. The summed E-state index contributed by atoms with van der Waals surface area (Å²) in [5.41, 5.74) is 0. The second-order valence-electron chi connectivity index (χ2n) is 6.33. The molecule has 0 heterocycles. The summed E-state index contributed by atoms with van der Waals surface area (Å²) in [6, 6.07) is 32.7. The Kier molecular flexibility index (Phi) is 6.91. The van der Waals surface area contributed by atoms with Gasteiger partial charge in [0.1, 0.15) is 0 Å². The van der Waals surface area contributed by atoms with Crippen molar-refractivity contribution in [3.8, 4) is 0 Å². The normalized spacial score (nSPS) is 12.6. The first-order chi connectivity index (χ1) is 11.7. The van der Waals surface area contributed by atoms with Gasteiger partial charge in [-0.15, -0.1) is 17.0 Å². The summed E-state index contributed by atoms with van der Waals surface area (Å²) < 4.78 is 0. The third-order valence-electron chi connectivity index (χ3n) is 4.88. The van der Waals surface area contributed by atoms with Gasteiger partial charge in [-0.05, 0) is 0 Å². The van der Waals surface area contributed by atoms with Crippen molar-refractivity contribution in [3.05, 3.63) is 91.0 Å². The second kappa shape index (κ2) is 8.54. The Hall–Kier alpha value is -1.08. The van der Waals surface area contributed by atoms with Gasteiger partial charge in [0.2, 0.25) is 0 Å². The van der Waals surface area contributed by atoms with Crippen LogP contribution in [0.1, 0.15) is 19.8 Å². The fourth-order valence-electron chi connectivity index (χ4n) is 3.55. The Morgan fingerprint density at radius 1 is 0.640 bits per heavy atom. The van der Waals surface area contributed by atoms with Crippen LogP contribution >= 0.6 is 35.0 Å². The van der Waals surface area contributed by atoms with Crippen LogP contribution in [0.2, 0.25) is 0 Å². The van der Waals surface area contributed by atoms with Crippen LogP contribution in [0.25, 0.3) is 0 Å². The fraction of sp³-hybridized carbons (Fsp3) is 0.182. The Balaban J connectivity index is 0.00000225. The summed E-state index contributed by atoms with van der Waals surface area (Å²) in [6.45, 7) is 2.26. The molecule has 3 heteroatoms. The first-order valence-electron chi connectivity index (χ1n) is 8.63. The van der Waals surface area contributed by atoms with E-state index in [2.05, 4.69) is 97.9 Å². The van der Waals surface area contributed by atoms with E-state index in [1.807, 2.05) is 0 Å². The van der Waals surface area contributed by atoms with Crippen molar-refractivity contribution in [1.29, 1.82) is 0 Å². The molecular formula is C22H26BrPS. The molecule has 0 aliphatic carbocycles. The molecule has 3 aromatic carbocycles. The van der Waals surface area contributed by atoms with Gasteiger partial charge in [-0.25, -0.2) is 0 Å². The molecular weight excluding hydrogens is 407 g/mol. The van der Waals surface area contributed by atoms with Crippen LogP contribution in [0.4, 0.5) is 0 Å². The molecule has 0 radical (unpaired) electrons. The average molecular weight is 433 g/mol. The van der Waals surface area contributed by atoms with Gasteiger partial charge in [-0.2, -0.15) is 0 Å². The first kappa shape index (κ1) is 20.2. The van der Waals surface area contributed by atoms with Crippen molar-refractivity contribution < 1.29 is 0 Å². The van der Waals surface area contributed by atoms with Crippen LogP contribution in [0, 0.1) is 0 Å². The van der Waals surface area contributed by atoms with Gasteiger partial charge < -0.3 is 0 Å². The van der Waals surface area contributed by atoms with Crippen LogP contribution in [-0.2, 0) is 0 Å². The average Bonchev–Trinajstić information content (AvgIpc) is 2.68. The van der Waals surface area contributed by atoms with Gasteiger partial charge >= 0.3 is 151 Å². The molecule has 3 aromatic rings. The van der Waals surface area contributed by atoms with Gasteiger partial charge in [-0.3, -0.25) is 0 Å². The number of hydrogen-bond donors (Lipinski definition) is 1. The van der Waals surface area contributed by atoms with E-state index in [9.17, 15) is 0 Å². The molecule has 3 rings (SSSR count). The molecule has 25 heavy (non-hydrogen) atoms. The topological polar surface area (TPSA) is 0 Å². The Labute approximate surface area is 167 Å². The Bertz CT molecular complexity index is 675. The summed E-state index contributed by atoms with van der Waals surface area (Å²) in [5.74, 6) is -2.76. The standard InChI is InChI=1S/C22H25PS.BrH/c1-2-3-19-23(24,20-13-7-4-8-14-20,21-15-9-5-10-16-21)22-17-11-6-12-18-22;/h4-18,24H,2-3,19H2,1H3;1H. The molecule has 0 unspecified atom stereocenters. The molecule has 132 valence electrons. The van der Waals surface area contributed by atoms with Crippen molar-refractivity contribution in [2.75, 3.05) is 6.16 Å². The number of rotatable bonds is 6. The zero-order valence-electron chi connectivity index (χ0n) is 14.6. The molecule has 0 aliphatic heterocycles. The van der Waals surface area contributed by atoms with Crippen molar-refractivity contribution in [2.24, 2.45) is 0 Å². The Morgan fingerprint density at radius 3 is 1.24 bits per heavy atom. The van der Waals surface area contributed by atoms with E-state index < -0.39 is 5.81 Å². The molecule has 0 saturated carbocycles. The summed E-state index contributed by atoms with van der Waals surface area (Å²) in [4.78, 5) is 0. The third kappa shape index (κ3) is 3.58. The summed E-state index contributed by atoms with van der Waals surface area (Å²) in [6.07, 6.45) is 3.42. The second-order valence-corrected chi connectivity index (χ2v) is 13.5. The van der Waals surface area contributed by atoms with E-state index in [1.165, 1.54) is 28.8 Å². The number of halogens is 1. The number of hydrogen-bond acceptors (Lipinski definition) is 1. The minimum absolute atomic E-state index is 0. The van der Waals surface area contributed by atoms with Gasteiger partial charge in [0.15, 0.2) is 0 Å². The van der Waals surface area contributed by atoms with E-state index in [-0.39, 0.29) is 17.0 Å². The zero-order valence-corrected chi connectivity index (χ0v) is 18.1. The Morgan fingerprint density at radius 2 is 0.960 bits per heavy atom. The third-order valence-corrected chi connectivity index (χ3v) is 13.0. The molecule has 0 aliphatic rings. The summed E-state index contributed by atoms with van der Waals surface area (Å²) in [5, 5.41) is 4.08. The van der Waals surface area contributed by atoms with Crippen LogP contribution in [0.3, 0.4) is 0 Å². The predicted molar refractivity (Wildman–Crippen MR) is 124 cm³/mol. The van der Waals surface area contributed by atoms with Crippen LogP contribution in [-0.4, -0.2) is 6.16 Å². The SMILES string of the molecule is Br.CCCCP(S)(c1ccccc1)(c1ccccc1)c1ccccc1. The quantitative estimate of drug-likeness (QED) is 0.372. The van der Waals surface area contributed by atoms with E-state index in [0.29, 0.717) is 0 Å². The van der Waals surface area contributed by atoms with E-state index in [1.54, 1.807) is 0 Å². The molecule has 0 nitrogen and oxygen atoms in total. The monoisotopic (exact) mass is 432 g/mol. The summed E-state index contributed by atoms with van der Waals surface area (Å²) >= 11 is 5.64. The van der Waals surface area contributed by atoms with Crippen molar-refractivity contribution >= 4 is 50.9 Å². The van der Waals surface area contributed by atoms with E-state index >= 15 is 0 Å². The molecule has 0 N–H and O–H groups in total. The number of unbranched alkanes of at least 4 members (excludes halogenated alkanes) is 1. The van der Waals surface area contributed by atoms with Gasteiger partial charge in [0.25, 0.3) is 0 Å². The molecule has 0 aromatic heterocycles. The maximum atomic E-state index is 5.64. The van der Waals surface area contributed by atoms with Gasteiger partial charge in [0, 0.05) is 0 Å². The molecule has 0 bridgehead atoms. The predicted octanol–water partition coefficient (Wildman–Crippen LogP) is 5.74. The van der Waals surface area contributed by atoms with Gasteiger partial charge in [-0.1, -0.05) is 0 Å². The van der Waals surface area contributed by atoms with Gasteiger partial charge in [0.05, 0.1) is 0 Å². The molecule has 0 saturated heterocycles. The van der Waals surface area contributed by atoms with Crippen LogP contribution in [0.5, 0.6) is 0 Å². The molecule has 0 spiro atoms. The first-order valence-corrected chi connectivity index (χ1v) is 12.2. The van der Waals surface area contributed by atoms with Crippen LogP contribution < -0.4 is 15.9 Å². The molecule has 0 amide bonds.